The van der Waals surface area contributed by atoms with Crippen molar-refractivity contribution in [3.05, 3.63) is 62.7 Å². The maximum Gasteiger partial charge on any atom is 0.0412 e. The first-order chi connectivity index (χ1) is 10.1. The summed E-state index contributed by atoms with van der Waals surface area (Å²) in [5, 5.41) is 0. The van der Waals surface area contributed by atoms with Crippen molar-refractivity contribution in [3.63, 3.8) is 0 Å². The van der Waals surface area contributed by atoms with Gasteiger partial charge in [-0.25, -0.2) is 0 Å². The van der Waals surface area contributed by atoms with Gasteiger partial charge in [0.05, 0.1) is 0 Å². The monoisotopic (exact) mass is 356 g/mol. The maximum atomic E-state index is 3.84. The number of allylic oxidation sites excluding steroid dienone is 5. The zero-order chi connectivity index (χ0) is 16.3. The van der Waals surface area contributed by atoms with Gasteiger partial charge in [-0.05, 0) is 44.7 Å². The first-order valence-electron chi connectivity index (χ1n) is 8.03. The number of rotatable bonds is 0. The molecule has 0 radical (unpaired) electrons. The van der Waals surface area contributed by atoms with Gasteiger partial charge in [0.25, 0.3) is 0 Å². The second-order valence-electron chi connectivity index (χ2n) is 8.55. The average Bonchev–Trinajstić information content (AvgIpc) is 2.74. The fraction of sp³-hybridized carbons (Fsp3) is 0.429. The highest BCUT2D eigenvalue weighted by Crippen LogP contribution is 2.49. The van der Waals surface area contributed by atoms with Crippen LogP contribution in [-0.4, -0.2) is 0 Å². The van der Waals surface area contributed by atoms with Gasteiger partial charge in [0, 0.05) is 10.4 Å². The molecule has 0 spiro atoms. The molecule has 3 rings (SSSR count). The number of hydrogen-bond acceptors (Lipinski definition) is 0. The molecule has 0 fully saturated rings. The first kappa shape index (κ1) is 15.8. The number of hydrogen-bond donors (Lipinski definition) is 0. The summed E-state index contributed by atoms with van der Waals surface area (Å²) in [6.45, 7) is 13.6. The van der Waals surface area contributed by atoms with Crippen molar-refractivity contribution in [2.75, 3.05) is 0 Å². The first-order valence-corrected chi connectivity index (χ1v) is 8.82. The van der Waals surface area contributed by atoms with Crippen molar-refractivity contribution in [2.24, 2.45) is 5.41 Å². The Labute approximate surface area is 143 Å². The van der Waals surface area contributed by atoms with Gasteiger partial charge >= 0.3 is 0 Å². The molecule has 1 aromatic rings. The number of halogens is 1. The van der Waals surface area contributed by atoms with Crippen molar-refractivity contribution in [2.45, 2.75) is 52.9 Å². The standard InChI is InChI=1S/C21H25Br/c1-20(2,3)15-7-8-17-13(10-15)9-14-11-16(21(4,5)6)12-18(22)19(14)17/h7-12,19H,1-6H3. The van der Waals surface area contributed by atoms with Crippen LogP contribution in [0.2, 0.25) is 0 Å². The SMILES string of the molecule is CC(C)(C)C1=CC2=Cc3cc(C(C)(C)C)ccc3C2C(Br)=C1. The van der Waals surface area contributed by atoms with E-state index in [-0.39, 0.29) is 10.8 Å². The van der Waals surface area contributed by atoms with Gasteiger partial charge in [-0.3, -0.25) is 0 Å². The van der Waals surface area contributed by atoms with E-state index in [1.165, 1.54) is 32.3 Å². The van der Waals surface area contributed by atoms with Gasteiger partial charge < -0.3 is 0 Å². The van der Waals surface area contributed by atoms with Crippen LogP contribution in [0.15, 0.2) is 46.0 Å². The highest BCUT2D eigenvalue weighted by molar-refractivity contribution is 9.11. The largest absolute Gasteiger partial charge is 0.0582 e. The lowest BCUT2D eigenvalue weighted by Crippen LogP contribution is -2.13. The number of benzene rings is 1. The quantitative estimate of drug-likeness (QED) is 0.483. The van der Waals surface area contributed by atoms with Crippen LogP contribution in [0.4, 0.5) is 0 Å². The van der Waals surface area contributed by atoms with Gasteiger partial charge in [0.1, 0.15) is 0 Å². The highest BCUT2D eigenvalue weighted by Gasteiger charge is 2.32. The van der Waals surface area contributed by atoms with Crippen LogP contribution in [0.25, 0.3) is 6.08 Å². The Kier molecular flexibility index (Phi) is 3.56. The molecule has 2 aliphatic rings. The summed E-state index contributed by atoms with van der Waals surface area (Å²) in [6.07, 6.45) is 7.07. The van der Waals surface area contributed by atoms with Crippen LogP contribution in [0, 0.1) is 5.41 Å². The van der Waals surface area contributed by atoms with Crippen LogP contribution in [-0.2, 0) is 5.41 Å². The van der Waals surface area contributed by atoms with Crippen molar-refractivity contribution in [1.29, 1.82) is 0 Å². The lowest BCUT2D eigenvalue weighted by atomic mass is 9.79. The normalized spacial score (nSPS) is 20.9. The van der Waals surface area contributed by atoms with Crippen LogP contribution in [0.1, 0.15) is 64.2 Å². The lowest BCUT2D eigenvalue weighted by molar-refractivity contribution is 0.514. The molecule has 0 heterocycles. The Bertz CT molecular complexity index is 715. The topological polar surface area (TPSA) is 0 Å². The third-order valence-electron chi connectivity index (χ3n) is 4.68. The molecule has 0 aromatic heterocycles. The van der Waals surface area contributed by atoms with Crippen molar-refractivity contribution < 1.29 is 0 Å². The number of fused-ring (bicyclic) bond motifs is 3. The predicted molar refractivity (Wildman–Crippen MR) is 100 cm³/mol. The van der Waals surface area contributed by atoms with E-state index in [1.807, 2.05) is 0 Å². The zero-order valence-corrected chi connectivity index (χ0v) is 16.0. The molecule has 0 amide bonds. The Morgan fingerprint density at radius 3 is 2.14 bits per heavy atom. The van der Waals surface area contributed by atoms with Gasteiger partial charge in [0.15, 0.2) is 0 Å². The summed E-state index contributed by atoms with van der Waals surface area (Å²) >= 11 is 3.84. The molecular formula is C21H25Br. The van der Waals surface area contributed by atoms with Crippen LogP contribution >= 0.6 is 15.9 Å². The summed E-state index contributed by atoms with van der Waals surface area (Å²) in [6, 6.07) is 6.97. The Balaban J connectivity index is 2.09. The summed E-state index contributed by atoms with van der Waals surface area (Å²) in [7, 11) is 0. The average molecular weight is 357 g/mol. The molecule has 0 N–H and O–H groups in total. The molecule has 0 aliphatic heterocycles. The van der Waals surface area contributed by atoms with E-state index in [0.717, 1.165) is 0 Å². The van der Waals surface area contributed by atoms with Gasteiger partial charge in [0.2, 0.25) is 0 Å². The van der Waals surface area contributed by atoms with Crippen LogP contribution < -0.4 is 0 Å². The fourth-order valence-corrected chi connectivity index (χ4v) is 3.95. The highest BCUT2D eigenvalue weighted by atomic mass is 79.9. The summed E-state index contributed by atoms with van der Waals surface area (Å²) in [4.78, 5) is 0. The van der Waals surface area contributed by atoms with Gasteiger partial charge in [-0.15, -0.1) is 0 Å². The Morgan fingerprint density at radius 2 is 1.55 bits per heavy atom. The molecule has 116 valence electrons. The Morgan fingerprint density at radius 1 is 0.864 bits per heavy atom. The van der Waals surface area contributed by atoms with E-state index in [9.17, 15) is 0 Å². The molecule has 0 saturated heterocycles. The second kappa shape index (κ2) is 4.96. The summed E-state index contributed by atoms with van der Waals surface area (Å²) in [5.74, 6) is 0.384. The molecule has 22 heavy (non-hydrogen) atoms. The van der Waals surface area contributed by atoms with E-state index in [2.05, 4.69) is 93.9 Å². The molecule has 2 aliphatic carbocycles. The second-order valence-corrected chi connectivity index (χ2v) is 9.47. The molecule has 1 aromatic carbocycles. The molecule has 0 bridgehead atoms. The van der Waals surface area contributed by atoms with E-state index in [1.54, 1.807) is 0 Å². The van der Waals surface area contributed by atoms with E-state index >= 15 is 0 Å². The molecule has 1 unspecified atom stereocenters. The lowest BCUT2D eigenvalue weighted by Gasteiger charge is -2.28. The minimum Gasteiger partial charge on any atom is -0.0582 e. The Hall–Kier alpha value is -1.08. The summed E-state index contributed by atoms with van der Waals surface area (Å²) < 4.78 is 1.29. The third-order valence-corrected chi connectivity index (χ3v) is 5.36. The van der Waals surface area contributed by atoms with Crippen molar-refractivity contribution in [3.8, 4) is 0 Å². The smallest absolute Gasteiger partial charge is 0.0412 e. The molecule has 1 heteroatoms. The van der Waals surface area contributed by atoms with Gasteiger partial charge in [-0.1, -0.05) is 87.8 Å². The minimum absolute atomic E-state index is 0.177. The van der Waals surface area contributed by atoms with E-state index in [0.29, 0.717) is 5.92 Å². The third kappa shape index (κ3) is 2.65. The molecular weight excluding hydrogens is 332 g/mol. The summed E-state index contributed by atoms with van der Waals surface area (Å²) in [5.41, 5.74) is 7.39. The van der Waals surface area contributed by atoms with Gasteiger partial charge in [-0.2, -0.15) is 0 Å². The molecule has 0 saturated carbocycles. The van der Waals surface area contributed by atoms with Crippen molar-refractivity contribution >= 4 is 22.0 Å². The minimum atomic E-state index is 0.177. The van der Waals surface area contributed by atoms with E-state index in [4.69, 9.17) is 0 Å². The van der Waals surface area contributed by atoms with Crippen LogP contribution in [0.3, 0.4) is 0 Å². The molecule has 0 nitrogen and oxygen atoms in total. The van der Waals surface area contributed by atoms with Crippen molar-refractivity contribution in [1.82, 2.24) is 0 Å². The fourth-order valence-electron chi connectivity index (χ4n) is 3.19. The van der Waals surface area contributed by atoms with E-state index < -0.39 is 0 Å². The predicted octanol–water partition coefficient (Wildman–Crippen LogP) is 6.73. The zero-order valence-electron chi connectivity index (χ0n) is 14.4. The van der Waals surface area contributed by atoms with Crippen LogP contribution in [0.5, 0.6) is 0 Å². The maximum absolute atomic E-state index is 3.84. The molecule has 1 atom stereocenters.